The van der Waals surface area contributed by atoms with Crippen molar-refractivity contribution in [1.29, 1.82) is 0 Å². The molecule has 0 amide bonds. The molecule has 0 radical (unpaired) electrons. The van der Waals surface area contributed by atoms with Crippen LogP contribution in [0.1, 0.15) is 32.7 Å². The number of nitrogen functional groups attached to an aromatic ring is 1. The Labute approximate surface area is 112 Å². The first kappa shape index (κ1) is 13.5. The van der Waals surface area contributed by atoms with Gasteiger partial charge >= 0.3 is 0 Å². The fourth-order valence-electron chi connectivity index (χ4n) is 1.81. The fourth-order valence-corrected chi connectivity index (χ4v) is 1.81. The number of aromatic nitrogens is 3. The molecule has 0 saturated heterocycles. The maximum Gasteiger partial charge on any atom is 0.260 e. The molecule has 2 aromatic heterocycles. The van der Waals surface area contributed by atoms with Crippen molar-refractivity contribution in [3.63, 3.8) is 0 Å². The summed E-state index contributed by atoms with van der Waals surface area (Å²) in [5, 5.41) is 3.99. The molecule has 2 aromatic rings. The average Bonchev–Trinajstić information content (AvgIpc) is 2.85. The molecule has 0 fully saturated rings. The van der Waals surface area contributed by atoms with Crippen LogP contribution in [-0.4, -0.2) is 21.7 Å². The number of pyridine rings is 1. The van der Waals surface area contributed by atoms with Gasteiger partial charge in [0.05, 0.1) is 17.4 Å². The molecule has 2 N–H and O–H groups in total. The van der Waals surface area contributed by atoms with Crippen LogP contribution in [0.4, 0.5) is 5.69 Å². The lowest BCUT2D eigenvalue weighted by Crippen LogP contribution is -2.12. The topological polar surface area (TPSA) is 87.1 Å². The molecule has 2 heterocycles. The van der Waals surface area contributed by atoms with Gasteiger partial charge in [-0.3, -0.25) is 4.98 Å². The van der Waals surface area contributed by atoms with Crippen molar-refractivity contribution >= 4 is 5.69 Å². The predicted octanol–water partition coefficient (Wildman–Crippen LogP) is 2.45. The Balaban J connectivity index is 2.30. The molecule has 102 valence electrons. The van der Waals surface area contributed by atoms with Crippen molar-refractivity contribution in [2.45, 2.75) is 26.9 Å². The van der Waals surface area contributed by atoms with Gasteiger partial charge < -0.3 is 15.0 Å². The third-order valence-electron chi connectivity index (χ3n) is 2.73. The molecule has 1 atom stereocenters. The van der Waals surface area contributed by atoms with E-state index in [0.717, 1.165) is 0 Å². The molecule has 0 aromatic carbocycles. The summed E-state index contributed by atoms with van der Waals surface area (Å²) in [6.45, 7) is 6.65. The highest BCUT2D eigenvalue weighted by Crippen LogP contribution is 2.28. The van der Waals surface area contributed by atoms with Crippen molar-refractivity contribution in [2.24, 2.45) is 5.92 Å². The van der Waals surface area contributed by atoms with Crippen LogP contribution in [0, 0.1) is 5.92 Å². The van der Waals surface area contributed by atoms with Gasteiger partial charge in [0.2, 0.25) is 5.82 Å². The van der Waals surface area contributed by atoms with Crippen LogP contribution in [0.25, 0.3) is 11.5 Å². The van der Waals surface area contributed by atoms with E-state index in [0.29, 0.717) is 29.6 Å². The molecular formula is C13H18N4O2. The van der Waals surface area contributed by atoms with Gasteiger partial charge in [0.25, 0.3) is 5.89 Å². The number of ether oxygens (including phenoxy) is 1. The Morgan fingerprint density at radius 3 is 2.84 bits per heavy atom. The molecule has 6 heteroatoms. The van der Waals surface area contributed by atoms with Gasteiger partial charge in [-0.05, 0) is 18.9 Å². The smallest absolute Gasteiger partial charge is 0.260 e. The summed E-state index contributed by atoms with van der Waals surface area (Å²) in [4.78, 5) is 8.30. The predicted molar refractivity (Wildman–Crippen MR) is 71.1 cm³/mol. The second-order valence-electron chi connectivity index (χ2n) is 4.54. The van der Waals surface area contributed by atoms with Crippen LogP contribution in [0.5, 0.6) is 0 Å². The van der Waals surface area contributed by atoms with Crippen LogP contribution < -0.4 is 5.73 Å². The Hall–Kier alpha value is -1.95. The number of hydrogen-bond donors (Lipinski definition) is 1. The van der Waals surface area contributed by atoms with Crippen LogP contribution in [-0.2, 0) is 4.74 Å². The summed E-state index contributed by atoms with van der Waals surface area (Å²) in [5.41, 5.74) is 7.03. The van der Waals surface area contributed by atoms with Crippen molar-refractivity contribution in [1.82, 2.24) is 15.1 Å². The van der Waals surface area contributed by atoms with Gasteiger partial charge in [-0.15, -0.1) is 0 Å². The van der Waals surface area contributed by atoms with Crippen molar-refractivity contribution in [3.05, 3.63) is 24.3 Å². The molecule has 0 aliphatic rings. The number of hydrogen-bond acceptors (Lipinski definition) is 6. The minimum atomic E-state index is -0.175. The third-order valence-corrected chi connectivity index (χ3v) is 2.73. The molecule has 0 aliphatic carbocycles. The first-order valence-electron chi connectivity index (χ1n) is 6.28. The van der Waals surface area contributed by atoms with E-state index in [1.165, 1.54) is 0 Å². The Bertz CT molecular complexity index is 539. The van der Waals surface area contributed by atoms with Crippen LogP contribution >= 0.6 is 0 Å². The molecule has 0 spiro atoms. The van der Waals surface area contributed by atoms with Crippen LogP contribution in [0.15, 0.2) is 23.0 Å². The second-order valence-corrected chi connectivity index (χ2v) is 4.54. The van der Waals surface area contributed by atoms with E-state index in [1.807, 2.05) is 6.92 Å². The van der Waals surface area contributed by atoms with Crippen LogP contribution in [0.3, 0.4) is 0 Å². The number of anilines is 1. The zero-order chi connectivity index (χ0) is 13.8. The van der Waals surface area contributed by atoms with Crippen molar-refractivity contribution in [2.75, 3.05) is 12.3 Å². The van der Waals surface area contributed by atoms with E-state index in [4.69, 9.17) is 15.0 Å². The molecule has 0 aliphatic heterocycles. The fraction of sp³-hybridized carbons (Fsp3) is 0.462. The molecular weight excluding hydrogens is 244 g/mol. The van der Waals surface area contributed by atoms with Gasteiger partial charge in [0.15, 0.2) is 0 Å². The first-order valence-corrected chi connectivity index (χ1v) is 6.28. The minimum absolute atomic E-state index is 0.175. The molecule has 0 saturated carbocycles. The van der Waals surface area contributed by atoms with Crippen molar-refractivity contribution < 1.29 is 9.26 Å². The first-order chi connectivity index (χ1) is 9.13. The minimum Gasteiger partial charge on any atom is -0.397 e. The van der Waals surface area contributed by atoms with E-state index >= 15 is 0 Å². The maximum atomic E-state index is 5.83. The summed E-state index contributed by atoms with van der Waals surface area (Å²) in [6, 6.07) is 1.75. The SMILES string of the molecule is CCOC(c1noc(-c2ccncc2N)n1)C(C)C. The van der Waals surface area contributed by atoms with E-state index in [2.05, 4.69) is 29.0 Å². The highest BCUT2D eigenvalue weighted by molar-refractivity contribution is 5.68. The zero-order valence-electron chi connectivity index (χ0n) is 11.3. The molecule has 19 heavy (non-hydrogen) atoms. The van der Waals surface area contributed by atoms with Gasteiger partial charge in [0, 0.05) is 12.8 Å². The standard InChI is InChI=1S/C13H18N4O2/c1-4-18-11(8(2)3)12-16-13(19-17-12)9-5-6-15-7-10(9)14/h5-8,11H,4,14H2,1-3H3. The van der Waals surface area contributed by atoms with E-state index in [1.54, 1.807) is 18.5 Å². The lowest BCUT2D eigenvalue weighted by atomic mass is 10.1. The lowest BCUT2D eigenvalue weighted by molar-refractivity contribution is 0.0217. The summed E-state index contributed by atoms with van der Waals surface area (Å²) < 4.78 is 10.9. The van der Waals surface area contributed by atoms with E-state index in [9.17, 15) is 0 Å². The quantitative estimate of drug-likeness (QED) is 0.890. The Kier molecular flexibility index (Phi) is 4.11. The van der Waals surface area contributed by atoms with Gasteiger partial charge in [-0.2, -0.15) is 4.98 Å². The number of rotatable bonds is 5. The lowest BCUT2D eigenvalue weighted by Gasteiger charge is -2.16. The summed E-state index contributed by atoms with van der Waals surface area (Å²) in [5.74, 6) is 1.20. The van der Waals surface area contributed by atoms with E-state index < -0.39 is 0 Å². The largest absolute Gasteiger partial charge is 0.397 e. The zero-order valence-corrected chi connectivity index (χ0v) is 11.3. The average molecular weight is 262 g/mol. The second kappa shape index (κ2) is 5.79. The molecule has 1 unspecified atom stereocenters. The maximum absolute atomic E-state index is 5.83. The highest BCUT2D eigenvalue weighted by Gasteiger charge is 2.23. The third kappa shape index (κ3) is 2.90. The molecule has 2 rings (SSSR count). The summed E-state index contributed by atoms with van der Waals surface area (Å²) in [6.07, 6.45) is 3.02. The van der Waals surface area contributed by atoms with Crippen molar-refractivity contribution in [3.8, 4) is 11.5 Å². The van der Waals surface area contributed by atoms with Gasteiger partial charge in [-0.25, -0.2) is 0 Å². The van der Waals surface area contributed by atoms with Crippen LogP contribution in [0.2, 0.25) is 0 Å². The summed E-state index contributed by atoms with van der Waals surface area (Å²) in [7, 11) is 0. The molecule has 0 bridgehead atoms. The molecule has 6 nitrogen and oxygen atoms in total. The van der Waals surface area contributed by atoms with Gasteiger partial charge in [0.1, 0.15) is 6.10 Å². The Morgan fingerprint density at radius 2 is 2.21 bits per heavy atom. The summed E-state index contributed by atoms with van der Waals surface area (Å²) >= 11 is 0. The normalized spacial score (nSPS) is 12.8. The van der Waals surface area contributed by atoms with Gasteiger partial charge in [-0.1, -0.05) is 19.0 Å². The number of nitrogens with zero attached hydrogens (tertiary/aromatic N) is 3. The monoisotopic (exact) mass is 262 g/mol. The Morgan fingerprint density at radius 1 is 1.42 bits per heavy atom. The highest BCUT2D eigenvalue weighted by atomic mass is 16.5. The van der Waals surface area contributed by atoms with E-state index in [-0.39, 0.29) is 12.0 Å². The number of nitrogens with two attached hydrogens (primary N) is 1.